The maximum absolute atomic E-state index is 10.8. The Morgan fingerprint density at radius 1 is 1.50 bits per heavy atom. The molecule has 0 aliphatic heterocycles. The Balaban J connectivity index is 1.98. The van der Waals surface area contributed by atoms with Gasteiger partial charge in [0.2, 0.25) is 0 Å². The van der Waals surface area contributed by atoms with Crippen molar-refractivity contribution in [3.63, 3.8) is 0 Å². The molecule has 0 amide bonds. The van der Waals surface area contributed by atoms with Gasteiger partial charge in [0.25, 0.3) is 0 Å². The molecule has 1 saturated carbocycles. The lowest BCUT2D eigenvalue weighted by atomic mass is 9.70. The number of carboxylic acids is 1. The molecule has 0 bridgehead atoms. The van der Waals surface area contributed by atoms with Crippen molar-refractivity contribution in [2.75, 3.05) is 11.9 Å². The molecule has 86 valence electrons. The van der Waals surface area contributed by atoms with Gasteiger partial charge < -0.3 is 10.4 Å². The first-order chi connectivity index (χ1) is 7.59. The van der Waals surface area contributed by atoms with E-state index in [4.69, 9.17) is 5.11 Å². The van der Waals surface area contributed by atoms with Crippen LogP contribution in [-0.2, 0) is 0 Å². The van der Waals surface area contributed by atoms with Crippen molar-refractivity contribution >= 4 is 11.7 Å². The molecule has 0 heterocycles. The molecule has 0 unspecified atom stereocenters. The van der Waals surface area contributed by atoms with Crippen LogP contribution in [0.25, 0.3) is 0 Å². The predicted octanol–water partition coefficient (Wildman–Crippen LogP) is 2.99. The fraction of sp³-hybridized carbons (Fsp3) is 0.462. The zero-order valence-corrected chi connectivity index (χ0v) is 9.49. The van der Waals surface area contributed by atoms with Gasteiger partial charge in [-0.15, -0.1) is 0 Å². The van der Waals surface area contributed by atoms with Crippen molar-refractivity contribution < 1.29 is 9.90 Å². The second-order valence-corrected chi connectivity index (χ2v) is 4.90. The predicted molar refractivity (Wildman–Crippen MR) is 63.8 cm³/mol. The van der Waals surface area contributed by atoms with Crippen LogP contribution in [0.5, 0.6) is 0 Å². The maximum Gasteiger partial charge on any atom is 0.335 e. The summed E-state index contributed by atoms with van der Waals surface area (Å²) in [6, 6.07) is 6.98. The van der Waals surface area contributed by atoms with Gasteiger partial charge >= 0.3 is 5.97 Å². The Labute approximate surface area is 95.5 Å². The Kier molecular flexibility index (Phi) is 2.86. The summed E-state index contributed by atoms with van der Waals surface area (Å²) in [4.78, 5) is 10.8. The van der Waals surface area contributed by atoms with Gasteiger partial charge in [-0.1, -0.05) is 19.4 Å². The lowest BCUT2D eigenvalue weighted by molar-refractivity contribution is 0.0697. The summed E-state index contributed by atoms with van der Waals surface area (Å²) in [7, 11) is 0. The SMILES string of the molecule is CC1(CNc2cccc(C(=O)O)c2)CCC1. The molecule has 1 aliphatic carbocycles. The maximum atomic E-state index is 10.8. The van der Waals surface area contributed by atoms with Crippen LogP contribution in [0.15, 0.2) is 24.3 Å². The first kappa shape index (κ1) is 11.0. The number of rotatable bonds is 4. The first-order valence-electron chi connectivity index (χ1n) is 5.66. The van der Waals surface area contributed by atoms with Crippen LogP contribution >= 0.6 is 0 Å². The summed E-state index contributed by atoms with van der Waals surface area (Å²) in [5.41, 5.74) is 1.64. The topological polar surface area (TPSA) is 49.3 Å². The molecular weight excluding hydrogens is 202 g/mol. The van der Waals surface area contributed by atoms with Crippen molar-refractivity contribution in [2.45, 2.75) is 26.2 Å². The Morgan fingerprint density at radius 3 is 2.81 bits per heavy atom. The van der Waals surface area contributed by atoms with E-state index < -0.39 is 5.97 Å². The molecule has 1 aromatic carbocycles. The van der Waals surface area contributed by atoms with Gasteiger partial charge in [-0.05, 0) is 36.5 Å². The third-order valence-corrected chi connectivity index (χ3v) is 3.39. The van der Waals surface area contributed by atoms with Crippen LogP contribution in [0, 0.1) is 5.41 Å². The van der Waals surface area contributed by atoms with Crippen LogP contribution in [0.1, 0.15) is 36.5 Å². The number of hydrogen-bond acceptors (Lipinski definition) is 2. The van der Waals surface area contributed by atoms with Gasteiger partial charge in [-0.3, -0.25) is 0 Å². The Morgan fingerprint density at radius 2 is 2.25 bits per heavy atom. The summed E-state index contributed by atoms with van der Waals surface area (Å²) >= 11 is 0. The molecule has 1 aliphatic rings. The van der Waals surface area contributed by atoms with Crippen molar-refractivity contribution in [3.05, 3.63) is 29.8 Å². The summed E-state index contributed by atoms with van der Waals surface area (Å²) in [5.74, 6) is -0.876. The minimum absolute atomic E-state index is 0.337. The van der Waals surface area contributed by atoms with Crippen LogP contribution in [0.4, 0.5) is 5.69 Å². The minimum atomic E-state index is -0.876. The molecule has 0 saturated heterocycles. The van der Waals surface area contributed by atoms with Crippen molar-refractivity contribution in [2.24, 2.45) is 5.41 Å². The lowest BCUT2D eigenvalue weighted by Crippen LogP contribution is -2.33. The van der Waals surface area contributed by atoms with E-state index in [1.165, 1.54) is 19.3 Å². The molecule has 16 heavy (non-hydrogen) atoms. The minimum Gasteiger partial charge on any atom is -0.478 e. The average molecular weight is 219 g/mol. The smallest absolute Gasteiger partial charge is 0.335 e. The molecule has 0 radical (unpaired) electrons. The summed E-state index contributed by atoms with van der Waals surface area (Å²) < 4.78 is 0. The molecule has 2 N–H and O–H groups in total. The van der Waals surface area contributed by atoms with Gasteiger partial charge in [-0.25, -0.2) is 4.79 Å². The average Bonchev–Trinajstić information content (AvgIpc) is 2.24. The summed E-state index contributed by atoms with van der Waals surface area (Å²) in [6.45, 7) is 3.20. The monoisotopic (exact) mass is 219 g/mol. The molecule has 1 fully saturated rings. The van der Waals surface area contributed by atoms with Gasteiger partial charge in [0.1, 0.15) is 0 Å². The largest absolute Gasteiger partial charge is 0.478 e. The third-order valence-electron chi connectivity index (χ3n) is 3.39. The zero-order valence-electron chi connectivity index (χ0n) is 9.49. The van der Waals surface area contributed by atoms with Crippen LogP contribution < -0.4 is 5.32 Å². The number of anilines is 1. The van der Waals surface area contributed by atoms with E-state index in [1.54, 1.807) is 18.2 Å². The van der Waals surface area contributed by atoms with E-state index in [-0.39, 0.29) is 0 Å². The first-order valence-corrected chi connectivity index (χ1v) is 5.66. The molecule has 3 heteroatoms. The van der Waals surface area contributed by atoms with Crippen LogP contribution in [-0.4, -0.2) is 17.6 Å². The highest BCUT2D eigenvalue weighted by atomic mass is 16.4. The molecule has 3 nitrogen and oxygen atoms in total. The Hall–Kier alpha value is -1.51. The lowest BCUT2D eigenvalue weighted by Gasteiger charge is -2.38. The number of hydrogen-bond donors (Lipinski definition) is 2. The van der Waals surface area contributed by atoms with Crippen molar-refractivity contribution in [1.82, 2.24) is 0 Å². The van der Waals surface area contributed by atoms with E-state index in [0.717, 1.165) is 12.2 Å². The van der Waals surface area contributed by atoms with E-state index in [0.29, 0.717) is 11.0 Å². The number of benzene rings is 1. The quantitative estimate of drug-likeness (QED) is 0.818. The van der Waals surface area contributed by atoms with E-state index in [9.17, 15) is 4.79 Å². The molecule has 2 rings (SSSR count). The van der Waals surface area contributed by atoms with Crippen LogP contribution in [0.3, 0.4) is 0 Å². The van der Waals surface area contributed by atoms with Crippen molar-refractivity contribution in [1.29, 1.82) is 0 Å². The highest BCUT2D eigenvalue weighted by Crippen LogP contribution is 2.40. The fourth-order valence-electron chi connectivity index (χ4n) is 2.03. The Bertz CT molecular complexity index is 397. The molecule has 0 spiro atoms. The summed E-state index contributed by atoms with van der Waals surface area (Å²) in [6.07, 6.45) is 3.84. The number of nitrogens with one attached hydrogen (secondary N) is 1. The fourth-order valence-corrected chi connectivity index (χ4v) is 2.03. The van der Waals surface area contributed by atoms with E-state index >= 15 is 0 Å². The van der Waals surface area contributed by atoms with Gasteiger partial charge in [-0.2, -0.15) is 0 Å². The molecular formula is C13H17NO2. The second-order valence-electron chi connectivity index (χ2n) is 4.90. The second kappa shape index (κ2) is 4.16. The normalized spacial score (nSPS) is 17.6. The number of carboxylic acid groups (broad SMARTS) is 1. The zero-order chi connectivity index (χ0) is 11.6. The standard InChI is InChI=1S/C13H17NO2/c1-13(6-3-7-13)9-14-11-5-2-4-10(8-11)12(15)16/h2,4-5,8,14H,3,6-7,9H2,1H3,(H,15,16). The molecule has 1 aromatic rings. The highest BCUT2D eigenvalue weighted by molar-refractivity contribution is 5.88. The van der Waals surface area contributed by atoms with Gasteiger partial charge in [0, 0.05) is 12.2 Å². The summed E-state index contributed by atoms with van der Waals surface area (Å²) in [5, 5.41) is 12.2. The molecule has 0 aromatic heterocycles. The number of carbonyl (C=O) groups is 1. The molecule has 0 atom stereocenters. The number of aromatic carboxylic acids is 1. The third kappa shape index (κ3) is 2.35. The van der Waals surface area contributed by atoms with E-state index in [2.05, 4.69) is 12.2 Å². The van der Waals surface area contributed by atoms with Gasteiger partial charge in [0.05, 0.1) is 5.56 Å². The van der Waals surface area contributed by atoms with Gasteiger partial charge in [0.15, 0.2) is 0 Å². The van der Waals surface area contributed by atoms with E-state index in [1.807, 2.05) is 6.07 Å². The highest BCUT2D eigenvalue weighted by Gasteiger charge is 2.31. The van der Waals surface area contributed by atoms with Crippen molar-refractivity contribution in [3.8, 4) is 0 Å². The van der Waals surface area contributed by atoms with Crippen LogP contribution in [0.2, 0.25) is 0 Å².